The zero-order chi connectivity index (χ0) is 14.8. The molecule has 3 rings (SSSR count). The SMILES string of the molecule is Cc1nc2ccccn2c1CN1CCOC[C@@H]1CC(=O)O. The third-order valence-electron chi connectivity index (χ3n) is 3.94. The lowest BCUT2D eigenvalue weighted by Crippen LogP contribution is -2.46. The molecule has 1 aliphatic rings. The Kier molecular flexibility index (Phi) is 3.90. The van der Waals surface area contributed by atoms with Crippen LogP contribution >= 0.6 is 0 Å². The van der Waals surface area contributed by atoms with Gasteiger partial charge in [0.25, 0.3) is 0 Å². The van der Waals surface area contributed by atoms with E-state index in [1.165, 1.54) is 0 Å². The van der Waals surface area contributed by atoms with E-state index in [4.69, 9.17) is 9.84 Å². The van der Waals surface area contributed by atoms with Gasteiger partial charge in [-0.15, -0.1) is 0 Å². The summed E-state index contributed by atoms with van der Waals surface area (Å²) in [5.41, 5.74) is 3.03. The maximum absolute atomic E-state index is 11.0. The van der Waals surface area contributed by atoms with Crippen LogP contribution in [0.1, 0.15) is 17.8 Å². The molecule has 6 heteroatoms. The molecule has 1 aliphatic heterocycles. The number of hydrogen-bond acceptors (Lipinski definition) is 4. The van der Waals surface area contributed by atoms with Crippen LogP contribution in [0.25, 0.3) is 5.65 Å². The minimum atomic E-state index is -0.787. The minimum absolute atomic E-state index is 0.0788. The largest absolute Gasteiger partial charge is 0.481 e. The van der Waals surface area contributed by atoms with Crippen molar-refractivity contribution in [3.05, 3.63) is 35.8 Å². The number of ether oxygens (including phenoxy) is 1. The number of aromatic nitrogens is 2. The van der Waals surface area contributed by atoms with Gasteiger partial charge in [-0.3, -0.25) is 9.69 Å². The number of carbonyl (C=O) groups is 1. The Morgan fingerprint density at radius 2 is 2.38 bits per heavy atom. The van der Waals surface area contributed by atoms with Crippen molar-refractivity contribution < 1.29 is 14.6 Å². The molecule has 1 saturated heterocycles. The zero-order valence-corrected chi connectivity index (χ0v) is 12.0. The first kappa shape index (κ1) is 14.0. The maximum atomic E-state index is 11.0. The van der Waals surface area contributed by atoms with Gasteiger partial charge in [0, 0.05) is 25.3 Å². The third kappa shape index (κ3) is 2.91. The maximum Gasteiger partial charge on any atom is 0.305 e. The van der Waals surface area contributed by atoms with Gasteiger partial charge in [0.2, 0.25) is 0 Å². The molecule has 0 spiro atoms. The Morgan fingerprint density at radius 1 is 1.52 bits per heavy atom. The lowest BCUT2D eigenvalue weighted by atomic mass is 10.1. The number of carboxylic acids is 1. The highest BCUT2D eigenvalue weighted by atomic mass is 16.5. The van der Waals surface area contributed by atoms with E-state index in [1.807, 2.05) is 31.3 Å². The first-order valence-electron chi connectivity index (χ1n) is 7.11. The molecular weight excluding hydrogens is 270 g/mol. The molecule has 0 aromatic carbocycles. The Balaban J connectivity index is 1.85. The Bertz CT molecular complexity index is 653. The summed E-state index contributed by atoms with van der Waals surface area (Å²) in [6, 6.07) is 5.84. The van der Waals surface area contributed by atoms with Gasteiger partial charge in [-0.1, -0.05) is 6.07 Å². The molecule has 2 aromatic rings. The van der Waals surface area contributed by atoms with Gasteiger partial charge in [0.05, 0.1) is 31.0 Å². The van der Waals surface area contributed by atoms with Crippen LogP contribution in [0.15, 0.2) is 24.4 Å². The summed E-state index contributed by atoms with van der Waals surface area (Å²) in [5.74, 6) is -0.787. The molecule has 1 N–H and O–H groups in total. The predicted molar refractivity (Wildman–Crippen MR) is 77.2 cm³/mol. The Labute approximate surface area is 123 Å². The second-order valence-electron chi connectivity index (χ2n) is 5.37. The van der Waals surface area contributed by atoms with Crippen LogP contribution in [0.3, 0.4) is 0 Å². The molecule has 0 radical (unpaired) electrons. The van der Waals surface area contributed by atoms with Crippen molar-refractivity contribution in [2.24, 2.45) is 0 Å². The number of hydrogen-bond donors (Lipinski definition) is 1. The molecule has 0 bridgehead atoms. The van der Waals surface area contributed by atoms with Gasteiger partial charge in [0.1, 0.15) is 5.65 Å². The fraction of sp³-hybridized carbons (Fsp3) is 0.467. The van der Waals surface area contributed by atoms with Crippen molar-refractivity contribution >= 4 is 11.6 Å². The number of imidazole rings is 1. The van der Waals surface area contributed by atoms with Crippen LogP contribution in [0.2, 0.25) is 0 Å². The summed E-state index contributed by atoms with van der Waals surface area (Å²) < 4.78 is 7.49. The van der Waals surface area contributed by atoms with E-state index < -0.39 is 5.97 Å². The molecule has 1 fully saturated rings. The number of rotatable bonds is 4. The molecule has 1 atom stereocenters. The zero-order valence-electron chi connectivity index (χ0n) is 12.0. The van der Waals surface area contributed by atoms with E-state index in [0.717, 1.165) is 23.6 Å². The summed E-state index contributed by atoms with van der Waals surface area (Å²) in [5, 5.41) is 9.04. The number of morpholine rings is 1. The normalized spacial score (nSPS) is 20.0. The molecule has 112 valence electrons. The van der Waals surface area contributed by atoms with Gasteiger partial charge >= 0.3 is 5.97 Å². The molecule has 21 heavy (non-hydrogen) atoms. The van der Waals surface area contributed by atoms with E-state index in [0.29, 0.717) is 19.8 Å². The van der Waals surface area contributed by atoms with Crippen LogP contribution in [0.4, 0.5) is 0 Å². The van der Waals surface area contributed by atoms with Gasteiger partial charge in [0.15, 0.2) is 0 Å². The quantitative estimate of drug-likeness (QED) is 0.919. The summed E-state index contributed by atoms with van der Waals surface area (Å²) >= 11 is 0. The lowest BCUT2D eigenvalue weighted by molar-refractivity contribution is -0.140. The van der Waals surface area contributed by atoms with E-state index >= 15 is 0 Å². The molecule has 0 unspecified atom stereocenters. The summed E-state index contributed by atoms with van der Waals surface area (Å²) in [6.07, 6.45) is 2.10. The van der Waals surface area contributed by atoms with Gasteiger partial charge in [-0.2, -0.15) is 0 Å². The highest BCUT2D eigenvalue weighted by Gasteiger charge is 2.26. The average molecular weight is 289 g/mol. The van der Waals surface area contributed by atoms with Gasteiger partial charge in [-0.05, 0) is 19.1 Å². The van der Waals surface area contributed by atoms with Crippen molar-refractivity contribution in [3.63, 3.8) is 0 Å². The third-order valence-corrected chi connectivity index (χ3v) is 3.94. The van der Waals surface area contributed by atoms with Crippen LogP contribution in [0.5, 0.6) is 0 Å². The highest BCUT2D eigenvalue weighted by Crippen LogP contribution is 2.18. The molecule has 0 amide bonds. The predicted octanol–water partition coefficient (Wildman–Crippen LogP) is 1.32. The van der Waals surface area contributed by atoms with Gasteiger partial charge in [-0.25, -0.2) is 4.98 Å². The summed E-state index contributed by atoms with van der Waals surface area (Å²) in [7, 11) is 0. The highest BCUT2D eigenvalue weighted by molar-refractivity contribution is 5.67. The van der Waals surface area contributed by atoms with Crippen molar-refractivity contribution in [1.29, 1.82) is 0 Å². The van der Waals surface area contributed by atoms with E-state index in [-0.39, 0.29) is 12.5 Å². The van der Waals surface area contributed by atoms with Gasteiger partial charge < -0.3 is 14.2 Å². The van der Waals surface area contributed by atoms with Crippen LogP contribution in [-0.2, 0) is 16.1 Å². The topological polar surface area (TPSA) is 67.1 Å². The van der Waals surface area contributed by atoms with Crippen molar-refractivity contribution in [1.82, 2.24) is 14.3 Å². The first-order valence-corrected chi connectivity index (χ1v) is 7.11. The Hall–Kier alpha value is -1.92. The van der Waals surface area contributed by atoms with Crippen molar-refractivity contribution in [3.8, 4) is 0 Å². The standard InChI is InChI=1S/C15H19N3O3/c1-11-13(18-5-3-2-4-14(18)16-11)9-17-6-7-21-10-12(17)8-15(19)20/h2-5,12H,6-10H2,1H3,(H,19,20)/t12-/m0/s1. The Morgan fingerprint density at radius 3 is 3.19 bits per heavy atom. The fourth-order valence-corrected chi connectivity index (χ4v) is 2.83. The second-order valence-corrected chi connectivity index (χ2v) is 5.37. The monoisotopic (exact) mass is 289 g/mol. The first-order chi connectivity index (χ1) is 10.1. The average Bonchev–Trinajstić information content (AvgIpc) is 2.77. The molecule has 3 heterocycles. The smallest absolute Gasteiger partial charge is 0.305 e. The summed E-state index contributed by atoms with van der Waals surface area (Å²) in [4.78, 5) is 17.7. The minimum Gasteiger partial charge on any atom is -0.481 e. The number of aryl methyl sites for hydroxylation is 1. The number of carboxylic acid groups (broad SMARTS) is 1. The molecule has 2 aromatic heterocycles. The number of pyridine rings is 1. The number of fused-ring (bicyclic) bond motifs is 1. The number of nitrogens with zero attached hydrogens (tertiary/aromatic N) is 3. The van der Waals surface area contributed by atoms with E-state index in [1.54, 1.807) is 0 Å². The molecule has 0 saturated carbocycles. The van der Waals surface area contributed by atoms with Crippen LogP contribution in [0, 0.1) is 6.92 Å². The molecule has 0 aliphatic carbocycles. The summed E-state index contributed by atoms with van der Waals surface area (Å²) in [6.45, 7) is 4.55. The molecule has 6 nitrogen and oxygen atoms in total. The number of aliphatic carboxylic acids is 1. The van der Waals surface area contributed by atoms with E-state index in [2.05, 4.69) is 14.3 Å². The fourth-order valence-electron chi connectivity index (χ4n) is 2.83. The van der Waals surface area contributed by atoms with Crippen LogP contribution in [-0.4, -0.2) is 51.2 Å². The second kappa shape index (κ2) is 5.83. The van der Waals surface area contributed by atoms with Crippen LogP contribution < -0.4 is 0 Å². The van der Waals surface area contributed by atoms with E-state index in [9.17, 15) is 4.79 Å². The van der Waals surface area contributed by atoms with Crippen molar-refractivity contribution in [2.45, 2.75) is 25.9 Å². The molecular formula is C15H19N3O3. The lowest BCUT2D eigenvalue weighted by Gasteiger charge is -2.34. The van der Waals surface area contributed by atoms with Crippen molar-refractivity contribution in [2.75, 3.05) is 19.8 Å².